The van der Waals surface area contributed by atoms with Crippen LogP contribution in [0.5, 0.6) is 0 Å². The van der Waals surface area contributed by atoms with Gasteiger partial charge in [-0.25, -0.2) is 4.98 Å². The molecule has 0 N–H and O–H groups in total. The average Bonchev–Trinajstić information content (AvgIpc) is 2.97. The van der Waals surface area contributed by atoms with Crippen molar-refractivity contribution in [2.24, 2.45) is 7.05 Å². The van der Waals surface area contributed by atoms with E-state index in [0.29, 0.717) is 0 Å². The highest BCUT2D eigenvalue weighted by atomic mass is 32.1. The second-order valence-electron chi connectivity index (χ2n) is 5.50. The van der Waals surface area contributed by atoms with Crippen LogP contribution in [0.1, 0.15) is 16.3 Å². The normalized spacial score (nSPS) is 11.7. The monoisotopic (exact) mass is 292 g/mol. The zero-order valence-corrected chi connectivity index (χ0v) is 13.7. The van der Waals surface area contributed by atoms with Crippen molar-refractivity contribution in [2.45, 2.75) is 20.0 Å². The minimum absolute atomic E-state index is 0.898. The first-order valence-corrected chi connectivity index (χ1v) is 7.80. The Kier molecular flexibility index (Phi) is 5.34. The lowest BCUT2D eigenvalue weighted by Gasteiger charge is -2.23. The molecule has 0 bridgehead atoms. The molecule has 4 nitrogen and oxygen atoms in total. The predicted molar refractivity (Wildman–Crippen MR) is 84.9 cm³/mol. The summed E-state index contributed by atoms with van der Waals surface area (Å²) in [5.41, 5.74) is 1.39. The van der Waals surface area contributed by atoms with Crippen molar-refractivity contribution in [3.8, 4) is 0 Å². The number of aryl methyl sites for hydroxylation is 2. The van der Waals surface area contributed by atoms with Crippen LogP contribution >= 0.6 is 11.3 Å². The van der Waals surface area contributed by atoms with Crippen LogP contribution in [0.2, 0.25) is 0 Å². The van der Waals surface area contributed by atoms with Crippen molar-refractivity contribution >= 4 is 11.3 Å². The molecule has 0 aromatic carbocycles. The molecule has 110 valence electrons. The van der Waals surface area contributed by atoms with Gasteiger partial charge in [-0.15, -0.1) is 11.3 Å². The zero-order valence-electron chi connectivity index (χ0n) is 12.8. The third-order valence-electron chi connectivity index (χ3n) is 3.48. The summed E-state index contributed by atoms with van der Waals surface area (Å²) in [5.74, 6) is 1.12. The summed E-state index contributed by atoms with van der Waals surface area (Å²) in [6.07, 6.45) is 3.88. The maximum Gasteiger partial charge on any atom is 0.122 e. The molecule has 0 saturated heterocycles. The maximum atomic E-state index is 4.45. The van der Waals surface area contributed by atoms with E-state index < -0.39 is 0 Å². The summed E-state index contributed by atoms with van der Waals surface area (Å²) in [6, 6.07) is 2.20. The van der Waals surface area contributed by atoms with E-state index in [4.69, 9.17) is 0 Å². The molecule has 0 aliphatic heterocycles. The zero-order chi connectivity index (χ0) is 14.5. The van der Waals surface area contributed by atoms with Gasteiger partial charge in [-0.3, -0.25) is 4.90 Å². The molecule has 2 aromatic heterocycles. The van der Waals surface area contributed by atoms with Gasteiger partial charge in [0, 0.05) is 44.0 Å². The highest BCUT2D eigenvalue weighted by Gasteiger charge is 2.12. The van der Waals surface area contributed by atoms with E-state index in [-0.39, 0.29) is 0 Å². The molecule has 20 heavy (non-hydrogen) atoms. The number of hydrogen-bond donors (Lipinski definition) is 0. The van der Waals surface area contributed by atoms with Crippen LogP contribution in [-0.2, 0) is 20.1 Å². The van der Waals surface area contributed by atoms with E-state index in [1.54, 1.807) is 0 Å². The fourth-order valence-electron chi connectivity index (χ4n) is 2.07. The Labute approximate surface area is 125 Å². The fourth-order valence-corrected chi connectivity index (χ4v) is 3.02. The van der Waals surface area contributed by atoms with Crippen molar-refractivity contribution in [3.05, 3.63) is 40.1 Å². The summed E-state index contributed by atoms with van der Waals surface area (Å²) in [5, 5.41) is 2.18. The number of hydrogen-bond acceptors (Lipinski definition) is 4. The molecule has 0 spiro atoms. The quantitative estimate of drug-likeness (QED) is 0.783. The van der Waals surface area contributed by atoms with E-state index in [1.165, 1.54) is 10.4 Å². The van der Waals surface area contributed by atoms with Crippen LogP contribution < -0.4 is 0 Å². The Hall–Kier alpha value is -1.17. The average molecular weight is 292 g/mol. The Balaban J connectivity index is 2.04. The summed E-state index contributed by atoms with van der Waals surface area (Å²) in [6.45, 7) is 6.21. The molecule has 0 aliphatic carbocycles. The van der Waals surface area contributed by atoms with Crippen LogP contribution in [0.15, 0.2) is 23.8 Å². The van der Waals surface area contributed by atoms with Gasteiger partial charge in [-0.1, -0.05) is 0 Å². The van der Waals surface area contributed by atoms with Gasteiger partial charge in [-0.05, 0) is 38.0 Å². The third-order valence-corrected chi connectivity index (χ3v) is 4.49. The highest BCUT2D eigenvalue weighted by Crippen LogP contribution is 2.18. The Morgan fingerprint density at radius 2 is 2.05 bits per heavy atom. The molecule has 2 heterocycles. The highest BCUT2D eigenvalue weighted by molar-refractivity contribution is 7.10. The van der Waals surface area contributed by atoms with E-state index >= 15 is 0 Å². The first-order chi connectivity index (χ1) is 9.56. The van der Waals surface area contributed by atoms with E-state index in [0.717, 1.165) is 32.0 Å². The minimum atomic E-state index is 0.898. The third kappa shape index (κ3) is 4.16. The first kappa shape index (κ1) is 15.2. The van der Waals surface area contributed by atoms with Crippen LogP contribution in [0, 0.1) is 6.92 Å². The van der Waals surface area contributed by atoms with Crippen LogP contribution in [0.4, 0.5) is 0 Å². The number of rotatable bonds is 7. The number of thiophene rings is 1. The number of aromatic nitrogens is 2. The van der Waals surface area contributed by atoms with Gasteiger partial charge in [-0.2, -0.15) is 0 Å². The second kappa shape index (κ2) is 7.02. The first-order valence-electron chi connectivity index (χ1n) is 6.92. The van der Waals surface area contributed by atoms with Crippen LogP contribution in [-0.4, -0.2) is 46.5 Å². The largest absolute Gasteiger partial charge is 0.337 e. The van der Waals surface area contributed by atoms with E-state index in [9.17, 15) is 0 Å². The molecule has 5 heteroatoms. The molecule has 0 aliphatic rings. The van der Waals surface area contributed by atoms with E-state index in [1.807, 2.05) is 23.7 Å². The topological polar surface area (TPSA) is 24.3 Å². The van der Waals surface area contributed by atoms with Crippen LogP contribution in [0.3, 0.4) is 0 Å². The standard InChI is InChI=1S/C15H24N4S/c1-13-5-10-20-14(13)11-19(9-8-17(2)3)12-15-16-6-7-18(15)4/h5-7,10H,8-9,11-12H2,1-4H3. The number of likely N-dealkylation sites (N-methyl/N-ethyl adjacent to an activating group) is 1. The summed E-state index contributed by atoms with van der Waals surface area (Å²) in [4.78, 5) is 10.6. The minimum Gasteiger partial charge on any atom is -0.337 e. The van der Waals surface area contributed by atoms with Gasteiger partial charge in [0.25, 0.3) is 0 Å². The maximum absolute atomic E-state index is 4.45. The Morgan fingerprint density at radius 3 is 2.60 bits per heavy atom. The van der Waals surface area contributed by atoms with Crippen LogP contribution in [0.25, 0.3) is 0 Å². The molecule has 0 saturated carbocycles. The van der Waals surface area contributed by atoms with Gasteiger partial charge in [0.1, 0.15) is 5.82 Å². The lowest BCUT2D eigenvalue weighted by Crippen LogP contribution is -2.31. The number of nitrogens with zero attached hydrogens (tertiary/aromatic N) is 4. The molecular formula is C15H24N4S. The van der Waals surface area contributed by atoms with Gasteiger partial charge >= 0.3 is 0 Å². The van der Waals surface area contributed by atoms with Crippen molar-refractivity contribution in [1.82, 2.24) is 19.4 Å². The van der Waals surface area contributed by atoms with Crippen molar-refractivity contribution < 1.29 is 0 Å². The second-order valence-corrected chi connectivity index (χ2v) is 6.50. The van der Waals surface area contributed by atoms with Gasteiger partial charge in [0.2, 0.25) is 0 Å². The molecule has 0 fully saturated rings. The van der Waals surface area contributed by atoms with Gasteiger partial charge in [0.05, 0.1) is 6.54 Å². The van der Waals surface area contributed by atoms with Gasteiger partial charge < -0.3 is 9.47 Å². The lowest BCUT2D eigenvalue weighted by molar-refractivity contribution is 0.221. The molecule has 0 radical (unpaired) electrons. The summed E-state index contributed by atoms with van der Waals surface area (Å²) >= 11 is 1.85. The fraction of sp³-hybridized carbons (Fsp3) is 0.533. The van der Waals surface area contributed by atoms with Gasteiger partial charge in [0.15, 0.2) is 0 Å². The Bertz CT molecular complexity index is 487. The summed E-state index contributed by atoms with van der Waals surface area (Å²) in [7, 11) is 6.30. The molecule has 0 amide bonds. The number of imidazole rings is 1. The lowest BCUT2D eigenvalue weighted by atomic mass is 10.2. The molecule has 0 unspecified atom stereocenters. The molecule has 2 aromatic rings. The molecule has 2 rings (SSSR count). The van der Waals surface area contributed by atoms with Crippen molar-refractivity contribution in [1.29, 1.82) is 0 Å². The Morgan fingerprint density at radius 1 is 1.25 bits per heavy atom. The van der Waals surface area contributed by atoms with Crippen molar-refractivity contribution in [2.75, 3.05) is 27.2 Å². The molecule has 0 atom stereocenters. The van der Waals surface area contributed by atoms with Crippen molar-refractivity contribution in [3.63, 3.8) is 0 Å². The molecular weight excluding hydrogens is 268 g/mol. The SMILES string of the molecule is Cc1ccsc1CN(CCN(C)C)Cc1nccn1C. The van der Waals surface area contributed by atoms with E-state index in [2.05, 4.69) is 58.9 Å². The predicted octanol–water partition coefficient (Wildman–Crippen LogP) is 2.35. The smallest absolute Gasteiger partial charge is 0.122 e. The summed E-state index contributed by atoms with van der Waals surface area (Å²) < 4.78 is 2.10.